The summed E-state index contributed by atoms with van der Waals surface area (Å²) < 4.78 is 64.3. The number of hydrogen-bond donors (Lipinski definition) is 0. The average Bonchev–Trinajstić information content (AvgIpc) is 2.66. The first-order valence-electron chi connectivity index (χ1n) is 8.97. The van der Waals surface area contributed by atoms with Crippen molar-refractivity contribution in [3.8, 4) is 17.2 Å². The largest absolute Gasteiger partial charge is 2.00 e. The van der Waals surface area contributed by atoms with E-state index in [1.807, 2.05) is 57.2 Å². The summed E-state index contributed by atoms with van der Waals surface area (Å²) in [6.45, 7) is 5.90. The minimum atomic E-state index is -5.17. The van der Waals surface area contributed by atoms with Crippen LogP contribution in [0.3, 0.4) is 0 Å². The van der Waals surface area contributed by atoms with Gasteiger partial charge in [0, 0.05) is 10.4 Å². The van der Waals surface area contributed by atoms with Crippen molar-refractivity contribution in [2.75, 3.05) is 0 Å². The molecule has 0 N–H and O–H groups in total. The van der Waals surface area contributed by atoms with E-state index in [-0.39, 0.29) is 37.7 Å². The van der Waals surface area contributed by atoms with Crippen LogP contribution in [0.5, 0.6) is 17.2 Å². The van der Waals surface area contributed by atoms with Gasteiger partial charge < -0.3 is 22.7 Å². The average molecular weight is 505 g/mol. The van der Waals surface area contributed by atoms with Gasteiger partial charge in [-0.05, 0) is 57.2 Å². The normalized spacial score (nSPS) is 10.8. The van der Waals surface area contributed by atoms with Crippen LogP contribution in [0.1, 0.15) is 16.7 Å². The molecule has 11 heteroatoms. The van der Waals surface area contributed by atoms with Gasteiger partial charge in [0.15, 0.2) is 0 Å². The first-order chi connectivity index (χ1) is 14.4. The molecule has 3 aromatic rings. The minimum absolute atomic E-state index is 0. The molecular formula is C21H21CaO8PS. The van der Waals surface area contributed by atoms with Crippen LogP contribution in [0, 0.1) is 20.8 Å². The molecule has 0 heterocycles. The SMILES string of the molecule is Cc1ccc(OP(=O)(Oc2ccc(C)cc2)Oc2ccc(C)cc2)cc1.O=S(=O)([O-])[O-].[Ca+2]. The van der Waals surface area contributed by atoms with E-state index in [0.29, 0.717) is 17.2 Å². The maximum Gasteiger partial charge on any atom is 2.00 e. The smallest absolute Gasteiger partial charge is 0.759 e. The monoisotopic (exact) mass is 504 g/mol. The van der Waals surface area contributed by atoms with Crippen molar-refractivity contribution >= 4 is 56.0 Å². The first-order valence-corrected chi connectivity index (χ1v) is 11.8. The second kappa shape index (κ2) is 12.6. The molecule has 0 amide bonds. The molecule has 3 aromatic carbocycles. The fraction of sp³-hybridized carbons (Fsp3) is 0.143. The second-order valence-corrected chi connectivity index (χ2v) is 8.83. The fourth-order valence-electron chi connectivity index (χ4n) is 2.24. The van der Waals surface area contributed by atoms with E-state index in [1.165, 1.54) is 0 Å². The topological polar surface area (TPSA) is 125 Å². The Morgan fingerprint density at radius 1 is 0.594 bits per heavy atom. The van der Waals surface area contributed by atoms with Crippen LogP contribution >= 0.6 is 7.82 Å². The maximum absolute atomic E-state index is 13.3. The molecule has 0 radical (unpaired) electrons. The number of aryl methyl sites for hydroxylation is 3. The van der Waals surface area contributed by atoms with Crippen molar-refractivity contribution in [1.82, 2.24) is 0 Å². The van der Waals surface area contributed by atoms with Crippen molar-refractivity contribution in [2.45, 2.75) is 20.8 Å². The summed E-state index contributed by atoms with van der Waals surface area (Å²) in [5, 5.41) is 0. The van der Waals surface area contributed by atoms with E-state index in [2.05, 4.69) is 0 Å². The third-order valence-electron chi connectivity index (χ3n) is 3.71. The molecule has 3 rings (SSSR count). The molecule has 32 heavy (non-hydrogen) atoms. The summed E-state index contributed by atoms with van der Waals surface area (Å²) in [5.74, 6) is 1.24. The molecule has 0 aliphatic carbocycles. The molecule has 0 aliphatic heterocycles. The van der Waals surface area contributed by atoms with Crippen LogP contribution in [-0.4, -0.2) is 55.3 Å². The summed E-state index contributed by atoms with van der Waals surface area (Å²) in [4.78, 5) is 0. The Kier molecular flexibility index (Phi) is 11.2. The van der Waals surface area contributed by atoms with E-state index < -0.39 is 18.2 Å². The van der Waals surface area contributed by atoms with Crippen LogP contribution < -0.4 is 13.6 Å². The predicted molar refractivity (Wildman–Crippen MR) is 119 cm³/mol. The summed E-state index contributed by atoms with van der Waals surface area (Å²) in [6, 6.07) is 21.6. The van der Waals surface area contributed by atoms with Crippen LogP contribution in [-0.2, 0) is 15.0 Å². The number of benzene rings is 3. The molecule has 0 unspecified atom stereocenters. The van der Waals surface area contributed by atoms with Gasteiger partial charge >= 0.3 is 45.6 Å². The fourth-order valence-corrected chi connectivity index (χ4v) is 3.49. The van der Waals surface area contributed by atoms with Crippen LogP contribution in [0.4, 0.5) is 0 Å². The molecule has 166 valence electrons. The van der Waals surface area contributed by atoms with Crippen molar-refractivity contribution in [1.29, 1.82) is 0 Å². The van der Waals surface area contributed by atoms with Gasteiger partial charge in [-0.15, -0.1) is 0 Å². The molecule has 0 saturated carbocycles. The molecule has 0 aliphatic rings. The number of rotatable bonds is 6. The van der Waals surface area contributed by atoms with E-state index in [9.17, 15) is 4.57 Å². The van der Waals surface area contributed by atoms with Crippen LogP contribution in [0.2, 0.25) is 0 Å². The molecular weight excluding hydrogens is 483 g/mol. The number of phosphoric ester groups is 1. The predicted octanol–water partition coefficient (Wildman–Crippen LogP) is 4.54. The van der Waals surface area contributed by atoms with Crippen LogP contribution in [0.15, 0.2) is 72.8 Å². The zero-order chi connectivity index (χ0) is 23.1. The summed E-state index contributed by atoms with van der Waals surface area (Å²) >= 11 is 0. The van der Waals surface area contributed by atoms with Gasteiger partial charge in [-0.2, -0.15) is 4.57 Å². The van der Waals surface area contributed by atoms with E-state index in [4.69, 9.17) is 31.1 Å². The molecule has 0 fully saturated rings. The van der Waals surface area contributed by atoms with Crippen molar-refractivity contribution < 1.29 is 35.7 Å². The van der Waals surface area contributed by atoms with Gasteiger partial charge in [0.1, 0.15) is 17.2 Å². The summed E-state index contributed by atoms with van der Waals surface area (Å²) in [7, 11) is -9.10. The Morgan fingerprint density at radius 2 is 0.781 bits per heavy atom. The van der Waals surface area contributed by atoms with Gasteiger partial charge in [0.2, 0.25) is 0 Å². The quantitative estimate of drug-likeness (QED) is 0.207. The second-order valence-electron chi connectivity index (χ2n) is 6.57. The minimum Gasteiger partial charge on any atom is -0.759 e. The van der Waals surface area contributed by atoms with Crippen molar-refractivity contribution in [3.05, 3.63) is 89.5 Å². The molecule has 8 nitrogen and oxygen atoms in total. The Bertz CT molecular complexity index is 1000. The van der Waals surface area contributed by atoms with Gasteiger partial charge in [0.25, 0.3) is 0 Å². The number of hydrogen-bond acceptors (Lipinski definition) is 8. The summed E-state index contributed by atoms with van der Waals surface area (Å²) in [6.07, 6.45) is 0. The van der Waals surface area contributed by atoms with Gasteiger partial charge in [-0.3, -0.25) is 8.42 Å². The molecule has 0 saturated heterocycles. The Hall–Kier alpha value is -1.58. The first kappa shape index (κ1) is 28.5. The third kappa shape index (κ3) is 11.3. The van der Waals surface area contributed by atoms with Gasteiger partial charge in [0.05, 0.1) is 0 Å². The van der Waals surface area contributed by atoms with Crippen molar-refractivity contribution in [3.63, 3.8) is 0 Å². The van der Waals surface area contributed by atoms with Crippen molar-refractivity contribution in [2.24, 2.45) is 0 Å². The Labute approximate surface area is 217 Å². The van der Waals surface area contributed by atoms with Gasteiger partial charge in [-0.1, -0.05) is 53.1 Å². The van der Waals surface area contributed by atoms with Crippen LogP contribution in [0.25, 0.3) is 0 Å². The molecule has 0 bridgehead atoms. The molecule has 0 aromatic heterocycles. The zero-order valence-electron chi connectivity index (χ0n) is 17.8. The summed E-state index contributed by atoms with van der Waals surface area (Å²) in [5.41, 5.74) is 3.23. The molecule has 0 atom stereocenters. The van der Waals surface area contributed by atoms with E-state index >= 15 is 0 Å². The van der Waals surface area contributed by atoms with E-state index in [1.54, 1.807) is 36.4 Å². The van der Waals surface area contributed by atoms with Gasteiger partial charge in [-0.25, -0.2) is 0 Å². The zero-order valence-corrected chi connectivity index (χ0v) is 21.7. The Morgan fingerprint density at radius 3 is 0.969 bits per heavy atom. The third-order valence-corrected chi connectivity index (χ3v) is 5.02. The Balaban J connectivity index is 0.000000770. The molecule has 0 spiro atoms. The number of phosphoric acid groups is 1. The van der Waals surface area contributed by atoms with E-state index in [0.717, 1.165) is 16.7 Å². The maximum atomic E-state index is 13.3. The standard InChI is InChI=1S/C21H21O4P.Ca.H2O4S/c1-16-4-10-19(11-5-16)23-26(22,24-20-12-6-17(2)7-13-20)25-21-14-8-18(3)9-15-21;;1-5(2,3)4/h4-15H,1-3H3;;(H2,1,2,3,4)/q;+2;/p-2.